The lowest BCUT2D eigenvalue weighted by Gasteiger charge is -2.10. The Morgan fingerprint density at radius 2 is 2.38 bits per heavy atom. The van der Waals surface area contributed by atoms with Gasteiger partial charge in [0, 0.05) is 17.7 Å². The van der Waals surface area contributed by atoms with Crippen LogP contribution in [0.1, 0.15) is 36.7 Å². The van der Waals surface area contributed by atoms with Gasteiger partial charge < -0.3 is 10.1 Å². The molecule has 0 aliphatic rings. The number of carbonyl (C=O) groups is 1. The maximum absolute atomic E-state index is 11.4. The van der Waals surface area contributed by atoms with Crippen LogP contribution in [0.15, 0.2) is 6.20 Å². The molecule has 0 spiro atoms. The third kappa shape index (κ3) is 3.90. The van der Waals surface area contributed by atoms with E-state index >= 15 is 0 Å². The fraction of sp³-hybridized carbons (Fsp3) is 0.636. The van der Waals surface area contributed by atoms with E-state index in [4.69, 9.17) is 4.74 Å². The van der Waals surface area contributed by atoms with Crippen LogP contribution in [0, 0.1) is 0 Å². The molecule has 1 N–H and O–H groups in total. The normalized spacial score (nSPS) is 12.4. The summed E-state index contributed by atoms with van der Waals surface area (Å²) < 4.78 is 5.03. The Balaban J connectivity index is 2.45. The molecule has 0 radical (unpaired) electrons. The van der Waals surface area contributed by atoms with Gasteiger partial charge in [-0.05, 0) is 20.3 Å². The van der Waals surface area contributed by atoms with Crippen LogP contribution in [0.5, 0.6) is 0 Å². The van der Waals surface area contributed by atoms with Crippen LogP contribution in [0.3, 0.4) is 0 Å². The van der Waals surface area contributed by atoms with E-state index in [1.54, 1.807) is 11.3 Å². The summed E-state index contributed by atoms with van der Waals surface area (Å²) in [5.74, 6) is -0.0948. The first-order valence-corrected chi connectivity index (χ1v) is 6.30. The predicted molar refractivity (Wildman–Crippen MR) is 64.5 cm³/mol. The maximum Gasteiger partial charge on any atom is 0.246 e. The van der Waals surface area contributed by atoms with E-state index in [2.05, 4.69) is 17.2 Å². The summed E-state index contributed by atoms with van der Waals surface area (Å²) in [4.78, 5) is 16.9. The van der Waals surface area contributed by atoms with Crippen molar-refractivity contribution in [2.24, 2.45) is 0 Å². The lowest BCUT2D eigenvalue weighted by Crippen LogP contribution is -2.30. The molecule has 0 aliphatic heterocycles. The van der Waals surface area contributed by atoms with E-state index in [9.17, 15) is 4.79 Å². The van der Waals surface area contributed by atoms with E-state index < -0.39 is 0 Å². The molecular weight excluding hydrogens is 224 g/mol. The summed E-state index contributed by atoms with van der Waals surface area (Å²) >= 11 is 1.64. The van der Waals surface area contributed by atoms with E-state index in [1.165, 1.54) is 4.88 Å². The Morgan fingerprint density at radius 3 is 2.94 bits per heavy atom. The zero-order chi connectivity index (χ0) is 12.0. The van der Waals surface area contributed by atoms with E-state index in [0.717, 1.165) is 11.4 Å². The molecule has 0 saturated heterocycles. The fourth-order valence-corrected chi connectivity index (χ4v) is 2.09. The Labute approximate surface area is 100 Å². The third-order valence-electron chi connectivity index (χ3n) is 2.11. The first-order valence-electron chi connectivity index (χ1n) is 5.49. The van der Waals surface area contributed by atoms with Gasteiger partial charge in [0.25, 0.3) is 0 Å². The molecular formula is C11H18N2O2S. The van der Waals surface area contributed by atoms with Crippen LogP contribution in [0.2, 0.25) is 0 Å². The molecule has 1 unspecified atom stereocenters. The number of ether oxygens (including phenoxy) is 1. The lowest BCUT2D eigenvalue weighted by molar-refractivity contribution is -0.126. The van der Waals surface area contributed by atoms with Crippen LogP contribution >= 0.6 is 11.3 Å². The second kappa shape index (κ2) is 6.60. The Morgan fingerprint density at radius 1 is 1.62 bits per heavy atom. The van der Waals surface area contributed by atoms with Crippen LogP contribution < -0.4 is 5.32 Å². The van der Waals surface area contributed by atoms with Crippen molar-refractivity contribution < 1.29 is 9.53 Å². The van der Waals surface area contributed by atoms with Gasteiger partial charge in [-0.15, -0.1) is 11.3 Å². The van der Waals surface area contributed by atoms with Gasteiger partial charge in [-0.3, -0.25) is 4.79 Å². The highest BCUT2D eigenvalue weighted by Gasteiger charge is 2.12. The van der Waals surface area contributed by atoms with Crippen molar-refractivity contribution in [3.8, 4) is 0 Å². The van der Waals surface area contributed by atoms with Gasteiger partial charge in [0.15, 0.2) is 0 Å². The molecule has 16 heavy (non-hydrogen) atoms. The highest BCUT2D eigenvalue weighted by Crippen LogP contribution is 2.19. The molecule has 5 heteroatoms. The van der Waals surface area contributed by atoms with Gasteiger partial charge in [0.1, 0.15) is 11.6 Å². The maximum atomic E-state index is 11.4. The summed E-state index contributed by atoms with van der Waals surface area (Å²) in [6.07, 6.45) is 2.85. The molecule has 1 amide bonds. The van der Waals surface area contributed by atoms with Gasteiger partial charge in [-0.25, -0.2) is 4.98 Å². The Hall–Kier alpha value is -0.940. The highest BCUT2D eigenvalue weighted by atomic mass is 32.1. The smallest absolute Gasteiger partial charge is 0.246 e. The van der Waals surface area contributed by atoms with Crippen molar-refractivity contribution in [2.45, 2.75) is 33.2 Å². The highest BCUT2D eigenvalue weighted by molar-refractivity contribution is 7.11. The zero-order valence-corrected chi connectivity index (χ0v) is 10.8. The Bertz CT molecular complexity index is 338. The first-order chi connectivity index (χ1) is 7.67. The third-order valence-corrected chi connectivity index (χ3v) is 3.43. The van der Waals surface area contributed by atoms with Gasteiger partial charge in [-0.1, -0.05) is 6.92 Å². The van der Waals surface area contributed by atoms with Gasteiger partial charge in [0.05, 0.1) is 6.04 Å². The molecule has 4 nitrogen and oxygen atoms in total. The standard InChI is InChI=1S/C11H18N2O2S/c1-4-9-6-12-11(16-9)8(3)13-10(14)7-15-5-2/h6,8H,4-5,7H2,1-3H3,(H,13,14). The average Bonchev–Trinajstić information content (AvgIpc) is 2.74. The second-order valence-electron chi connectivity index (χ2n) is 3.44. The molecule has 1 heterocycles. The van der Waals surface area contributed by atoms with Gasteiger partial charge >= 0.3 is 0 Å². The number of rotatable bonds is 6. The van der Waals surface area contributed by atoms with Crippen molar-refractivity contribution in [1.29, 1.82) is 0 Å². The number of carbonyl (C=O) groups excluding carboxylic acids is 1. The van der Waals surface area contributed by atoms with Crippen molar-refractivity contribution in [1.82, 2.24) is 10.3 Å². The molecule has 0 aromatic carbocycles. The molecule has 1 rings (SSSR count). The summed E-state index contributed by atoms with van der Waals surface area (Å²) in [7, 11) is 0. The first kappa shape index (κ1) is 13.1. The van der Waals surface area contributed by atoms with E-state index in [0.29, 0.717) is 6.61 Å². The SMILES string of the molecule is CCOCC(=O)NC(C)c1ncc(CC)s1. The topological polar surface area (TPSA) is 51.2 Å². The van der Waals surface area contributed by atoms with Crippen molar-refractivity contribution >= 4 is 17.2 Å². The van der Waals surface area contributed by atoms with Crippen molar-refractivity contribution in [3.05, 3.63) is 16.1 Å². The van der Waals surface area contributed by atoms with Crippen LogP contribution in [0.25, 0.3) is 0 Å². The molecule has 1 aromatic heterocycles. The van der Waals surface area contributed by atoms with E-state index in [-0.39, 0.29) is 18.6 Å². The van der Waals surface area contributed by atoms with Gasteiger partial charge in [0.2, 0.25) is 5.91 Å². The number of nitrogens with zero attached hydrogens (tertiary/aromatic N) is 1. The minimum atomic E-state index is -0.0948. The summed E-state index contributed by atoms with van der Waals surface area (Å²) in [5, 5.41) is 3.80. The number of aromatic nitrogens is 1. The zero-order valence-electron chi connectivity index (χ0n) is 9.95. The minimum Gasteiger partial charge on any atom is -0.372 e. The lowest BCUT2D eigenvalue weighted by atomic mass is 10.3. The average molecular weight is 242 g/mol. The molecule has 0 aliphatic carbocycles. The van der Waals surface area contributed by atoms with Crippen LogP contribution in [0.4, 0.5) is 0 Å². The molecule has 0 saturated carbocycles. The largest absolute Gasteiger partial charge is 0.372 e. The number of amides is 1. The number of hydrogen-bond acceptors (Lipinski definition) is 4. The summed E-state index contributed by atoms with van der Waals surface area (Å²) in [5.41, 5.74) is 0. The number of nitrogens with one attached hydrogen (secondary N) is 1. The molecule has 1 atom stereocenters. The number of thiazole rings is 1. The quantitative estimate of drug-likeness (QED) is 0.829. The van der Waals surface area contributed by atoms with Crippen molar-refractivity contribution in [3.63, 3.8) is 0 Å². The second-order valence-corrected chi connectivity index (χ2v) is 4.59. The van der Waals surface area contributed by atoms with Crippen LogP contribution in [-0.4, -0.2) is 24.1 Å². The summed E-state index contributed by atoms with van der Waals surface area (Å²) in [6.45, 7) is 6.56. The Kier molecular flexibility index (Phi) is 5.42. The van der Waals surface area contributed by atoms with Crippen LogP contribution in [-0.2, 0) is 16.0 Å². The number of aryl methyl sites for hydroxylation is 1. The minimum absolute atomic E-state index is 0.0433. The fourth-order valence-electron chi connectivity index (χ4n) is 1.23. The summed E-state index contributed by atoms with van der Waals surface area (Å²) in [6, 6.07) is -0.0433. The van der Waals surface area contributed by atoms with Crippen molar-refractivity contribution in [2.75, 3.05) is 13.2 Å². The molecule has 0 fully saturated rings. The molecule has 90 valence electrons. The monoisotopic (exact) mass is 242 g/mol. The number of hydrogen-bond donors (Lipinski definition) is 1. The predicted octanol–water partition coefficient (Wildman–Crippen LogP) is 1.92. The van der Waals surface area contributed by atoms with Gasteiger partial charge in [-0.2, -0.15) is 0 Å². The molecule has 0 bridgehead atoms. The molecule has 1 aromatic rings. The van der Waals surface area contributed by atoms with E-state index in [1.807, 2.05) is 20.0 Å².